The summed E-state index contributed by atoms with van der Waals surface area (Å²) in [6, 6.07) is 4.39. The number of halogens is 3. The van der Waals surface area contributed by atoms with Crippen molar-refractivity contribution in [1.29, 1.82) is 0 Å². The number of hydrogen-bond acceptors (Lipinski definition) is 1. The molecule has 1 nitrogen and oxygen atoms in total. The SMILES string of the molecule is NC1(Cc2ccc(C(F)F)cc2Cl)CC1. The lowest BCUT2D eigenvalue weighted by Gasteiger charge is -2.11. The van der Waals surface area contributed by atoms with Crippen molar-refractivity contribution in [1.82, 2.24) is 0 Å². The Balaban J connectivity index is 2.19. The second kappa shape index (κ2) is 3.72. The van der Waals surface area contributed by atoms with Gasteiger partial charge in [0.1, 0.15) is 0 Å². The molecular weight excluding hydrogens is 220 g/mol. The molecule has 4 heteroatoms. The van der Waals surface area contributed by atoms with Crippen LogP contribution in [0.15, 0.2) is 18.2 Å². The zero-order valence-electron chi connectivity index (χ0n) is 8.14. The molecule has 0 radical (unpaired) electrons. The van der Waals surface area contributed by atoms with Gasteiger partial charge in [0.25, 0.3) is 6.43 Å². The van der Waals surface area contributed by atoms with Crippen molar-refractivity contribution < 1.29 is 8.78 Å². The number of alkyl halides is 2. The highest BCUT2D eigenvalue weighted by Crippen LogP contribution is 2.37. The van der Waals surface area contributed by atoms with Gasteiger partial charge in [0.15, 0.2) is 0 Å². The van der Waals surface area contributed by atoms with E-state index in [2.05, 4.69) is 0 Å². The standard InChI is InChI=1S/C11H12ClF2N/c12-9-5-7(10(13)14)1-2-8(9)6-11(15)3-4-11/h1-2,5,10H,3-4,6,15H2. The summed E-state index contributed by atoms with van der Waals surface area (Å²) in [7, 11) is 0. The Bertz CT molecular complexity index is 375. The van der Waals surface area contributed by atoms with Crippen LogP contribution in [0.1, 0.15) is 30.4 Å². The molecule has 1 saturated carbocycles. The van der Waals surface area contributed by atoms with Crippen LogP contribution in [0.4, 0.5) is 8.78 Å². The first-order valence-electron chi connectivity index (χ1n) is 4.86. The fraction of sp³-hybridized carbons (Fsp3) is 0.455. The van der Waals surface area contributed by atoms with Crippen LogP contribution in [0, 0.1) is 0 Å². The minimum absolute atomic E-state index is 0.0365. The van der Waals surface area contributed by atoms with Crippen molar-refractivity contribution in [2.24, 2.45) is 5.73 Å². The normalized spacial score (nSPS) is 18.2. The molecule has 1 aliphatic carbocycles. The lowest BCUT2D eigenvalue weighted by Crippen LogP contribution is -2.24. The Morgan fingerprint density at radius 2 is 2.07 bits per heavy atom. The highest BCUT2D eigenvalue weighted by Gasteiger charge is 2.38. The van der Waals surface area contributed by atoms with Crippen LogP contribution in [0.3, 0.4) is 0 Å². The van der Waals surface area contributed by atoms with Crippen molar-refractivity contribution in [3.63, 3.8) is 0 Å². The first-order chi connectivity index (χ1) is 7.00. The lowest BCUT2D eigenvalue weighted by atomic mass is 10.0. The number of hydrogen-bond donors (Lipinski definition) is 1. The molecule has 15 heavy (non-hydrogen) atoms. The van der Waals surface area contributed by atoms with Gasteiger partial charge in [-0.1, -0.05) is 23.7 Å². The quantitative estimate of drug-likeness (QED) is 0.849. The van der Waals surface area contributed by atoms with Crippen LogP contribution >= 0.6 is 11.6 Å². The molecule has 2 rings (SSSR count). The van der Waals surface area contributed by atoms with Gasteiger partial charge in [-0.2, -0.15) is 0 Å². The topological polar surface area (TPSA) is 26.0 Å². The molecule has 82 valence electrons. The van der Waals surface area contributed by atoms with Gasteiger partial charge >= 0.3 is 0 Å². The fourth-order valence-electron chi connectivity index (χ4n) is 1.56. The Labute approximate surface area is 92.2 Å². The van der Waals surface area contributed by atoms with E-state index >= 15 is 0 Å². The minimum Gasteiger partial charge on any atom is -0.325 e. The van der Waals surface area contributed by atoms with Crippen LogP contribution in [-0.2, 0) is 6.42 Å². The maximum absolute atomic E-state index is 12.3. The first-order valence-corrected chi connectivity index (χ1v) is 5.23. The molecule has 0 saturated heterocycles. The maximum Gasteiger partial charge on any atom is 0.263 e. The number of benzene rings is 1. The van der Waals surface area contributed by atoms with E-state index in [1.165, 1.54) is 12.1 Å². The molecule has 1 aromatic carbocycles. The fourth-order valence-corrected chi connectivity index (χ4v) is 1.82. The van der Waals surface area contributed by atoms with Crippen LogP contribution in [0.5, 0.6) is 0 Å². The number of rotatable bonds is 3. The lowest BCUT2D eigenvalue weighted by molar-refractivity contribution is 0.151. The third kappa shape index (κ3) is 2.47. The van der Waals surface area contributed by atoms with Gasteiger partial charge in [0.05, 0.1) is 0 Å². The highest BCUT2D eigenvalue weighted by atomic mass is 35.5. The smallest absolute Gasteiger partial charge is 0.263 e. The van der Waals surface area contributed by atoms with Gasteiger partial charge in [-0.15, -0.1) is 0 Å². The van der Waals surface area contributed by atoms with Crippen molar-refractivity contribution in [2.75, 3.05) is 0 Å². The maximum atomic E-state index is 12.3. The molecule has 1 aliphatic rings. The molecule has 0 heterocycles. The summed E-state index contributed by atoms with van der Waals surface area (Å²) in [5, 5.41) is 0.393. The highest BCUT2D eigenvalue weighted by molar-refractivity contribution is 6.31. The van der Waals surface area contributed by atoms with E-state index in [1.807, 2.05) is 0 Å². The van der Waals surface area contributed by atoms with Gasteiger partial charge in [-0.05, 0) is 30.9 Å². The van der Waals surface area contributed by atoms with Gasteiger partial charge in [-0.25, -0.2) is 8.78 Å². The van der Waals surface area contributed by atoms with E-state index in [0.29, 0.717) is 11.4 Å². The van der Waals surface area contributed by atoms with Gasteiger partial charge in [0.2, 0.25) is 0 Å². The van der Waals surface area contributed by atoms with E-state index in [4.69, 9.17) is 17.3 Å². The van der Waals surface area contributed by atoms with Crippen molar-refractivity contribution in [3.05, 3.63) is 34.3 Å². The predicted molar refractivity (Wildman–Crippen MR) is 56.3 cm³/mol. The molecule has 0 bridgehead atoms. The van der Waals surface area contributed by atoms with Crippen LogP contribution in [0.2, 0.25) is 5.02 Å². The summed E-state index contributed by atoms with van der Waals surface area (Å²) in [6.07, 6.45) is 0.180. The number of nitrogens with two attached hydrogens (primary N) is 1. The second-order valence-corrected chi connectivity index (χ2v) is 4.60. The largest absolute Gasteiger partial charge is 0.325 e. The Morgan fingerprint density at radius 1 is 1.40 bits per heavy atom. The third-order valence-electron chi connectivity index (χ3n) is 2.76. The zero-order chi connectivity index (χ0) is 11.1. The molecule has 0 aliphatic heterocycles. The molecule has 0 spiro atoms. The predicted octanol–water partition coefficient (Wildman–Crippen LogP) is 3.31. The average Bonchev–Trinajstić information content (AvgIpc) is 2.87. The summed E-state index contributed by atoms with van der Waals surface area (Å²) in [6.45, 7) is 0. The average molecular weight is 232 g/mol. The van der Waals surface area contributed by atoms with Gasteiger partial charge in [-0.3, -0.25) is 0 Å². The summed E-state index contributed by atoms with van der Waals surface area (Å²) in [5.41, 5.74) is 6.62. The zero-order valence-corrected chi connectivity index (χ0v) is 8.90. The molecule has 0 amide bonds. The van der Waals surface area contributed by atoms with Crippen LogP contribution < -0.4 is 5.73 Å². The molecular formula is C11H12ClF2N. The molecule has 1 aromatic rings. The molecule has 2 N–H and O–H groups in total. The molecule has 0 atom stereocenters. The van der Waals surface area contributed by atoms with Gasteiger partial charge in [0, 0.05) is 16.1 Å². The van der Waals surface area contributed by atoms with E-state index in [9.17, 15) is 8.78 Å². The van der Waals surface area contributed by atoms with E-state index in [1.54, 1.807) is 6.07 Å². The minimum atomic E-state index is -2.47. The summed E-state index contributed by atoms with van der Waals surface area (Å²) < 4.78 is 24.7. The molecule has 0 unspecified atom stereocenters. The Morgan fingerprint density at radius 3 is 2.53 bits per heavy atom. The van der Waals surface area contributed by atoms with E-state index in [0.717, 1.165) is 18.4 Å². The van der Waals surface area contributed by atoms with Crippen molar-refractivity contribution >= 4 is 11.6 Å². The Kier molecular flexibility index (Phi) is 2.69. The summed E-state index contributed by atoms with van der Waals surface area (Å²) in [5.74, 6) is 0. The van der Waals surface area contributed by atoms with Crippen molar-refractivity contribution in [3.8, 4) is 0 Å². The molecule has 1 fully saturated rings. The third-order valence-corrected chi connectivity index (χ3v) is 3.12. The summed E-state index contributed by atoms with van der Waals surface area (Å²) in [4.78, 5) is 0. The second-order valence-electron chi connectivity index (χ2n) is 4.19. The monoisotopic (exact) mass is 231 g/mol. The van der Waals surface area contributed by atoms with E-state index in [-0.39, 0.29) is 11.1 Å². The van der Waals surface area contributed by atoms with Gasteiger partial charge < -0.3 is 5.73 Å². The molecule has 0 aromatic heterocycles. The van der Waals surface area contributed by atoms with Crippen LogP contribution in [-0.4, -0.2) is 5.54 Å². The summed E-state index contributed by atoms with van der Waals surface area (Å²) >= 11 is 5.92. The van der Waals surface area contributed by atoms with E-state index < -0.39 is 6.43 Å². The van der Waals surface area contributed by atoms with Crippen LogP contribution in [0.25, 0.3) is 0 Å². The Hall–Kier alpha value is -0.670. The van der Waals surface area contributed by atoms with Crippen molar-refractivity contribution in [2.45, 2.75) is 31.2 Å². The first kappa shape index (κ1) is 10.8.